The second-order valence-electron chi connectivity index (χ2n) is 7.52. The van der Waals surface area contributed by atoms with E-state index in [2.05, 4.69) is 4.98 Å². The Kier molecular flexibility index (Phi) is 6.98. The highest BCUT2D eigenvalue weighted by atomic mass is 35.5. The second-order valence-corrected chi connectivity index (χ2v) is 7.93. The molecule has 172 valence electrons. The van der Waals surface area contributed by atoms with Crippen molar-refractivity contribution < 1.29 is 24.1 Å². The topological polar surface area (TPSA) is 101 Å². The molecule has 0 unspecified atom stereocenters. The van der Waals surface area contributed by atoms with E-state index in [1.807, 2.05) is 23.1 Å². The first kappa shape index (κ1) is 22.8. The van der Waals surface area contributed by atoms with Crippen LogP contribution in [0.4, 0.5) is 11.4 Å². The molecule has 1 aromatic heterocycles. The highest BCUT2D eigenvalue weighted by Gasteiger charge is 2.28. The molecular formula is C24H23ClN2O6. The van der Waals surface area contributed by atoms with E-state index in [4.69, 9.17) is 25.8 Å². The average molecular weight is 471 g/mol. The molecule has 4 rings (SSSR count). The van der Waals surface area contributed by atoms with Crippen LogP contribution in [-0.4, -0.2) is 42.2 Å². The molecule has 2 aromatic carbocycles. The van der Waals surface area contributed by atoms with E-state index in [-0.39, 0.29) is 28.8 Å². The quantitative estimate of drug-likeness (QED) is 0.508. The van der Waals surface area contributed by atoms with Crippen molar-refractivity contribution in [3.8, 4) is 5.75 Å². The number of aromatic nitrogens is 1. The lowest BCUT2D eigenvalue weighted by Crippen LogP contribution is -2.24. The van der Waals surface area contributed by atoms with Crippen molar-refractivity contribution in [2.24, 2.45) is 0 Å². The molecule has 0 amide bonds. The van der Waals surface area contributed by atoms with Crippen molar-refractivity contribution in [3.63, 3.8) is 0 Å². The van der Waals surface area contributed by atoms with Crippen molar-refractivity contribution >= 4 is 28.9 Å². The predicted molar refractivity (Wildman–Crippen MR) is 124 cm³/mol. The van der Waals surface area contributed by atoms with Gasteiger partial charge in [-0.1, -0.05) is 29.8 Å². The molecular weight excluding hydrogens is 448 g/mol. The summed E-state index contributed by atoms with van der Waals surface area (Å²) in [7, 11) is 1.63. The third-order valence-electron chi connectivity index (χ3n) is 5.39. The fourth-order valence-electron chi connectivity index (χ4n) is 3.65. The van der Waals surface area contributed by atoms with Crippen LogP contribution >= 0.6 is 11.6 Å². The number of ether oxygens (including phenoxy) is 3. The number of methoxy groups -OCH3 is 1. The molecule has 0 radical (unpaired) electrons. The molecule has 3 aromatic rings. The third kappa shape index (κ3) is 5.19. The summed E-state index contributed by atoms with van der Waals surface area (Å²) in [5, 5.41) is 9.68. The molecule has 0 saturated carbocycles. The molecule has 1 aliphatic rings. The number of aromatic carboxylic acids is 1. The van der Waals surface area contributed by atoms with Gasteiger partial charge in [0, 0.05) is 31.0 Å². The number of nitrogens with zero attached hydrogens (tertiary/aromatic N) is 1. The number of benzene rings is 2. The lowest BCUT2D eigenvalue weighted by atomic mass is 10.1. The number of carbonyl (C=O) groups is 1. The second kappa shape index (κ2) is 10.1. The molecule has 0 spiro atoms. The van der Waals surface area contributed by atoms with Gasteiger partial charge in [0.2, 0.25) is 6.29 Å². The van der Waals surface area contributed by atoms with E-state index >= 15 is 0 Å². The summed E-state index contributed by atoms with van der Waals surface area (Å²) in [6, 6.07) is 15.5. The SMILES string of the molecule is CO[C@H]1CO[C@H](Oc2ccccc2N(Cc2ccc[nH]c2=O)c2ccc(Cl)c(C(=O)O)c2)C1. The van der Waals surface area contributed by atoms with Gasteiger partial charge in [-0.25, -0.2) is 4.79 Å². The summed E-state index contributed by atoms with van der Waals surface area (Å²) in [6.07, 6.45) is 1.60. The minimum Gasteiger partial charge on any atom is -0.478 e. The number of H-pyrrole nitrogens is 1. The van der Waals surface area contributed by atoms with Crippen molar-refractivity contribution in [2.45, 2.75) is 25.4 Å². The van der Waals surface area contributed by atoms with Gasteiger partial charge in [-0.2, -0.15) is 0 Å². The van der Waals surface area contributed by atoms with E-state index < -0.39 is 12.3 Å². The standard InChI is InChI=1S/C24H23ClN2O6/c1-31-17-12-22(32-14-17)33-21-7-3-2-6-20(21)27(13-15-5-4-10-26-23(15)28)16-8-9-19(25)18(11-16)24(29)30/h2-11,17,22H,12-14H2,1H3,(H,26,28)(H,29,30)/t17-,22-/m1/s1. The van der Waals surface area contributed by atoms with Crippen LogP contribution in [0, 0.1) is 0 Å². The van der Waals surface area contributed by atoms with Gasteiger partial charge in [0.25, 0.3) is 5.56 Å². The number of pyridine rings is 1. The highest BCUT2D eigenvalue weighted by Crippen LogP contribution is 2.37. The number of para-hydroxylation sites is 2. The number of rotatable bonds is 8. The summed E-state index contributed by atoms with van der Waals surface area (Å²) in [6.45, 7) is 0.606. The molecule has 2 atom stereocenters. The molecule has 2 heterocycles. The Morgan fingerprint density at radius 1 is 1.24 bits per heavy atom. The largest absolute Gasteiger partial charge is 0.478 e. The van der Waals surface area contributed by atoms with E-state index in [0.717, 1.165) is 0 Å². The Bertz CT molecular complexity index is 1200. The Morgan fingerprint density at radius 3 is 2.79 bits per heavy atom. The van der Waals surface area contributed by atoms with Crippen molar-refractivity contribution in [3.05, 3.63) is 87.3 Å². The van der Waals surface area contributed by atoms with Crippen LogP contribution in [0.15, 0.2) is 65.6 Å². The van der Waals surface area contributed by atoms with Crippen LogP contribution in [0.5, 0.6) is 5.75 Å². The maximum absolute atomic E-state index is 12.4. The van der Waals surface area contributed by atoms with Crippen LogP contribution in [-0.2, 0) is 16.0 Å². The van der Waals surface area contributed by atoms with Crippen LogP contribution in [0.1, 0.15) is 22.3 Å². The minimum atomic E-state index is -1.14. The lowest BCUT2D eigenvalue weighted by molar-refractivity contribution is -0.0402. The van der Waals surface area contributed by atoms with Gasteiger partial charge in [0.05, 0.1) is 35.5 Å². The summed E-state index contributed by atoms with van der Waals surface area (Å²) < 4.78 is 17.2. The molecule has 33 heavy (non-hydrogen) atoms. The summed E-state index contributed by atoms with van der Waals surface area (Å²) in [4.78, 5) is 28.6. The molecule has 1 saturated heterocycles. The summed E-state index contributed by atoms with van der Waals surface area (Å²) in [5.74, 6) is -0.618. The van der Waals surface area contributed by atoms with Crippen LogP contribution in [0.3, 0.4) is 0 Å². The lowest BCUT2D eigenvalue weighted by Gasteiger charge is -2.28. The van der Waals surface area contributed by atoms with Crippen LogP contribution in [0.25, 0.3) is 0 Å². The zero-order valence-electron chi connectivity index (χ0n) is 17.9. The normalized spacial score (nSPS) is 17.6. The van der Waals surface area contributed by atoms with Crippen molar-refractivity contribution in [2.75, 3.05) is 18.6 Å². The van der Waals surface area contributed by atoms with Gasteiger partial charge in [-0.3, -0.25) is 4.79 Å². The Hall–Kier alpha value is -3.33. The van der Waals surface area contributed by atoms with Crippen LogP contribution in [0.2, 0.25) is 5.02 Å². The molecule has 9 heteroatoms. The molecule has 2 N–H and O–H groups in total. The first-order valence-corrected chi connectivity index (χ1v) is 10.7. The maximum Gasteiger partial charge on any atom is 0.337 e. The zero-order chi connectivity index (χ0) is 23.4. The first-order chi connectivity index (χ1) is 16.0. The number of hydrogen-bond donors (Lipinski definition) is 2. The minimum absolute atomic E-state index is 0.0402. The Balaban J connectivity index is 1.76. The number of carboxylic acid groups (broad SMARTS) is 1. The van der Waals surface area contributed by atoms with Crippen molar-refractivity contribution in [1.82, 2.24) is 4.98 Å². The Morgan fingerprint density at radius 2 is 2.06 bits per heavy atom. The monoisotopic (exact) mass is 470 g/mol. The van der Waals surface area contributed by atoms with E-state index in [1.54, 1.807) is 37.6 Å². The number of carboxylic acids is 1. The Labute approximate surface area is 195 Å². The van der Waals surface area contributed by atoms with Gasteiger partial charge in [0.1, 0.15) is 5.75 Å². The molecule has 1 fully saturated rings. The fourth-order valence-corrected chi connectivity index (χ4v) is 3.84. The molecule has 8 nitrogen and oxygen atoms in total. The van der Waals surface area contributed by atoms with Gasteiger partial charge >= 0.3 is 5.97 Å². The molecule has 1 aliphatic heterocycles. The average Bonchev–Trinajstić information content (AvgIpc) is 3.27. The van der Waals surface area contributed by atoms with Gasteiger partial charge in [-0.05, 0) is 36.4 Å². The van der Waals surface area contributed by atoms with Gasteiger partial charge in [-0.15, -0.1) is 0 Å². The number of hydrogen-bond acceptors (Lipinski definition) is 6. The summed E-state index contributed by atoms with van der Waals surface area (Å²) in [5.41, 5.74) is 1.40. The first-order valence-electron chi connectivity index (χ1n) is 10.3. The number of aromatic amines is 1. The zero-order valence-corrected chi connectivity index (χ0v) is 18.6. The smallest absolute Gasteiger partial charge is 0.337 e. The van der Waals surface area contributed by atoms with Gasteiger partial charge in [0.15, 0.2) is 0 Å². The van der Waals surface area contributed by atoms with Gasteiger partial charge < -0.3 is 29.2 Å². The predicted octanol–water partition coefficient (Wildman–Crippen LogP) is 4.21. The fraction of sp³-hybridized carbons (Fsp3) is 0.250. The molecule has 0 aliphatic carbocycles. The van der Waals surface area contributed by atoms with Crippen LogP contribution < -0.4 is 15.2 Å². The third-order valence-corrected chi connectivity index (χ3v) is 5.72. The summed E-state index contributed by atoms with van der Waals surface area (Å²) >= 11 is 6.09. The number of anilines is 2. The van der Waals surface area contributed by atoms with E-state index in [9.17, 15) is 14.7 Å². The van der Waals surface area contributed by atoms with Crippen molar-refractivity contribution in [1.29, 1.82) is 0 Å². The molecule has 0 bridgehead atoms. The van der Waals surface area contributed by atoms with E-state index in [0.29, 0.717) is 35.7 Å². The highest BCUT2D eigenvalue weighted by molar-refractivity contribution is 6.33. The van der Waals surface area contributed by atoms with E-state index in [1.165, 1.54) is 12.1 Å². The maximum atomic E-state index is 12.4. The number of halogens is 1. The number of nitrogens with one attached hydrogen (secondary N) is 1.